The van der Waals surface area contributed by atoms with Crippen LogP contribution in [0, 0.1) is 0 Å². The number of hydrogen-bond acceptors (Lipinski definition) is 3. The lowest BCUT2D eigenvalue weighted by molar-refractivity contribution is 0.00981. The lowest BCUT2D eigenvalue weighted by Gasteiger charge is -2.10. The molecule has 1 aliphatic rings. The van der Waals surface area contributed by atoms with E-state index >= 15 is 0 Å². The summed E-state index contributed by atoms with van der Waals surface area (Å²) in [7, 11) is 1.60. The van der Waals surface area contributed by atoms with Gasteiger partial charge in [-0.25, -0.2) is 0 Å². The Morgan fingerprint density at radius 1 is 1.56 bits per heavy atom. The van der Waals surface area contributed by atoms with E-state index in [1.807, 2.05) is 0 Å². The van der Waals surface area contributed by atoms with Crippen molar-refractivity contribution in [3.63, 3.8) is 0 Å². The molecule has 3 atom stereocenters. The van der Waals surface area contributed by atoms with Crippen LogP contribution in [0.15, 0.2) is 0 Å². The van der Waals surface area contributed by atoms with Gasteiger partial charge in [-0.05, 0) is 12.8 Å². The summed E-state index contributed by atoms with van der Waals surface area (Å²) in [6.45, 7) is 0. The van der Waals surface area contributed by atoms with E-state index in [9.17, 15) is 0 Å². The lowest BCUT2D eigenvalue weighted by Crippen LogP contribution is -2.20. The Labute approximate surface area is 54.8 Å². The average Bonchev–Trinajstić information content (AvgIpc) is 2.10. The Kier molecular flexibility index (Phi) is 2.05. The summed E-state index contributed by atoms with van der Waals surface area (Å²) in [5, 5.41) is 9.15. The lowest BCUT2D eigenvalue weighted by atomic mass is 10.3. The van der Waals surface area contributed by atoms with Gasteiger partial charge in [0.1, 0.15) is 0 Å². The van der Waals surface area contributed by atoms with Crippen LogP contribution in [-0.2, 0) is 4.74 Å². The second kappa shape index (κ2) is 2.64. The molecule has 1 aliphatic carbocycles. The van der Waals surface area contributed by atoms with E-state index in [0.29, 0.717) is 6.42 Å². The molecule has 3 nitrogen and oxygen atoms in total. The van der Waals surface area contributed by atoms with Crippen molar-refractivity contribution in [1.29, 1.82) is 0 Å². The van der Waals surface area contributed by atoms with Crippen molar-refractivity contribution >= 4 is 0 Å². The van der Waals surface area contributed by atoms with Crippen molar-refractivity contribution in [2.24, 2.45) is 5.73 Å². The maximum atomic E-state index is 9.15. The molecule has 0 heterocycles. The number of aliphatic hydroxyl groups excluding tert-OH is 1. The molecule has 0 spiro atoms. The van der Waals surface area contributed by atoms with Crippen LogP contribution in [0.2, 0.25) is 0 Å². The molecule has 0 unspecified atom stereocenters. The number of ether oxygens (including phenoxy) is 1. The van der Waals surface area contributed by atoms with Crippen LogP contribution < -0.4 is 5.73 Å². The van der Waals surface area contributed by atoms with Crippen molar-refractivity contribution in [1.82, 2.24) is 0 Å². The van der Waals surface area contributed by atoms with Crippen molar-refractivity contribution in [2.45, 2.75) is 31.1 Å². The Balaban J connectivity index is 2.38. The normalized spacial score (nSPS) is 43.7. The topological polar surface area (TPSA) is 55.5 Å². The molecular formula is C6H13NO2. The first-order chi connectivity index (χ1) is 4.24. The molecule has 1 fully saturated rings. The van der Waals surface area contributed by atoms with Crippen LogP contribution in [-0.4, -0.2) is 30.5 Å². The fourth-order valence-electron chi connectivity index (χ4n) is 1.27. The molecule has 54 valence electrons. The van der Waals surface area contributed by atoms with Crippen molar-refractivity contribution in [3.8, 4) is 0 Å². The first-order valence-corrected chi connectivity index (χ1v) is 3.20. The molecule has 0 amide bonds. The Morgan fingerprint density at radius 2 is 2.22 bits per heavy atom. The molecule has 0 aromatic rings. The molecule has 0 saturated heterocycles. The number of aliphatic hydroxyl groups is 1. The quantitative estimate of drug-likeness (QED) is 0.503. The van der Waals surface area contributed by atoms with Crippen molar-refractivity contribution in [2.75, 3.05) is 7.11 Å². The third kappa shape index (κ3) is 1.41. The molecule has 1 rings (SSSR count). The first kappa shape index (κ1) is 6.99. The van der Waals surface area contributed by atoms with Gasteiger partial charge in [-0.15, -0.1) is 0 Å². The van der Waals surface area contributed by atoms with Gasteiger partial charge in [0.15, 0.2) is 0 Å². The molecule has 1 saturated carbocycles. The van der Waals surface area contributed by atoms with Gasteiger partial charge in [0, 0.05) is 13.2 Å². The highest BCUT2D eigenvalue weighted by atomic mass is 16.5. The molecule has 0 aromatic heterocycles. The van der Waals surface area contributed by atoms with Gasteiger partial charge < -0.3 is 15.6 Å². The summed E-state index contributed by atoms with van der Waals surface area (Å²) in [6, 6.07) is 0.130. The van der Waals surface area contributed by atoms with Crippen LogP contribution in [0.1, 0.15) is 12.8 Å². The van der Waals surface area contributed by atoms with E-state index < -0.39 is 0 Å². The SMILES string of the molecule is CO[C@H]1C[C@@H](N)C[C@@H]1O. The van der Waals surface area contributed by atoms with Crippen LogP contribution >= 0.6 is 0 Å². The van der Waals surface area contributed by atoms with Gasteiger partial charge in [-0.1, -0.05) is 0 Å². The number of rotatable bonds is 1. The highest BCUT2D eigenvalue weighted by molar-refractivity contribution is 4.85. The number of nitrogens with two attached hydrogens (primary N) is 1. The average molecular weight is 131 g/mol. The molecule has 0 aromatic carbocycles. The van der Waals surface area contributed by atoms with Crippen molar-refractivity contribution < 1.29 is 9.84 Å². The second-order valence-corrected chi connectivity index (χ2v) is 2.57. The van der Waals surface area contributed by atoms with Crippen LogP contribution in [0.25, 0.3) is 0 Å². The maximum Gasteiger partial charge on any atom is 0.0845 e. The van der Waals surface area contributed by atoms with Gasteiger partial charge in [0.25, 0.3) is 0 Å². The van der Waals surface area contributed by atoms with E-state index in [2.05, 4.69) is 0 Å². The zero-order valence-electron chi connectivity index (χ0n) is 5.58. The third-order valence-electron chi connectivity index (χ3n) is 1.81. The smallest absolute Gasteiger partial charge is 0.0845 e. The first-order valence-electron chi connectivity index (χ1n) is 3.20. The maximum absolute atomic E-state index is 9.15. The minimum atomic E-state index is -0.343. The van der Waals surface area contributed by atoms with E-state index in [1.165, 1.54) is 0 Å². The zero-order valence-corrected chi connectivity index (χ0v) is 5.58. The summed E-state index contributed by atoms with van der Waals surface area (Å²) in [6.07, 6.45) is 1.10. The minimum absolute atomic E-state index is 0.0278. The van der Waals surface area contributed by atoms with Gasteiger partial charge >= 0.3 is 0 Å². The third-order valence-corrected chi connectivity index (χ3v) is 1.81. The van der Waals surface area contributed by atoms with E-state index in [1.54, 1.807) is 7.11 Å². The Hall–Kier alpha value is -0.120. The summed E-state index contributed by atoms with van der Waals surface area (Å²) in [5.74, 6) is 0. The predicted octanol–water partition coefficient (Wildman–Crippen LogP) is -0.517. The predicted molar refractivity (Wildman–Crippen MR) is 34.0 cm³/mol. The van der Waals surface area contributed by atoms with E-state index in [0.717, 1.165) is 6.42 Å². The second-order valence-electron chi connectivity index (χ2n) is 2.57. The highest BCUT2D eigenvalue weighted by Gasteiger charge is 2.30. The monoisotopic (exact) mass is 131 g/mol. The van der Waals surface area contributed by atoms with E-state index in [4.69, 9.17) is 15.6 Å². The zero-order chi connectivity index (χ0) is 6.85. The summed E-state index contributed by atoms with van der Waals surface area (Å²) in [5.41, 5.74) is 5.55. The van der Waals surface area contributed by atoms with E-state index in [-0.39, 0.29) is 18.2 Å². The van der Waals surface area contributed by atoms with Gasteiger partial charge in [0.2, 0.25) is 0 Å². The van der Waals surface area contributed by atoms with Gasteiger partial charge in [-0.2, -0.15) is 0 Å². The fourth-order valence-corrected chi connectivity index (χ4v) is 1.27. The molecule has 9 heavy (non-hydrogen) atoms. The summed E-state index contributed by atoms with van der Waals surface area (Å²) >= 11 is 0. The standard InChI is InChI=1S/C6H13NO2/c1-9-6-3-4(7)2-5(6)8/h4-6,8H,2-3,7H2,1H3/t4-,5-,6-/m0/s1. The molecule has 0 aliphatic heterocycles. The van der Waals surface area contributed by atoms with Gasteiger partial charge in [-0.3, -0.25) is 0 Å². The highest BCUT2D eigenvalue weighted by Crippen LogP contribution is 2.19. The Morgan fingerprint density at radius 3 is 2.44 bits per heavy atom. The Bertz CT molecular complexity index is 97.1. The molecule has 3 heteroatoms. The summed E-state index contributed by atoms with van der Waals surface area (Å²) < 4.78 is 4.96. The van der Waals surface area contributed by atoms with Gasteiger partial charge in [0.05, 0.1) is 12.2 Å². The molecular weight excluding hydrogens is 118 g/mol. The van der Waals surface area contributed by atoms with Crippen LogP contribution in [0.5, 0.6) is 0 Å². The minimum Gasteiger partial charge on any atom is -0.390 e. The van der Waals surface area contributed by atoms with Crippen molar-refractivity contribution in [3.05, 3.63) is 0 Å². The fraction of sp³-hybridized carbons (Fsp3) is 1.00. The number of hydrogen-bond donors (Lipinski definition) is 2. The van der Waals surface area contributed by atoms with Crippen LogP contribution in [0.3, 0.4) is 0 Å². The van der Waals surface area contributed by atoms with Crippen LogP contribution in [0.4, 0.5) is 0 Å². The molecule has 0 bridgehead atoms. The molecule has 3 N–H and O–H groups in total. The molecule has 0 radical (unpaired) electrons. The summed E-state index contributed by atoms with van der Waals surface area (Å²) in [4.78, 5) is 0. The number of methoxy groups -OCH3 is 1. The largest absolute Gasteiger partial charge is 0.390 e.